The number of nitrogens with zero attached hydrogens (tertiary/aromatic N) is 9. The zero-order valence-corrected chi connectivity index (χ0v) is 34.5. The summed E-state index contributed by atoms with van der Waals surface area (Å²) in [5.41, 5.74) is 2.44. The predicted octanol–water partition coefficient (Wildman–Crippen LogP) is 4.76. The van der Waals surface area contributed by atoms with Crippen molar-refractivity contribution in [3.63, 3.8) is 0 Å². The summed E-state index contributed by atoms with van der Waals surface area (Å²) in [6.07, 6.45) is 9.24. The zero-order valence-electron chi connectivity index (χ0n) is 34.5. The first kappa shape index (κ1) is 40.3. The van der Waals surface area contributed by atoms with Gasteiger partial charge in [0.2, 0.25) is 11.8 Å². The molecule has 1 saturated carbocycles. The Morgan fingerprint density at radius 1 is 1.06 bits per heavy atom. The van der Waals surface area contributed by atoms with Gasteiger partial charge in [-0.3, -0.25) is 29.1 Å². The highest BCUT2D eigenvalue weighted by Crippen LogP contribution is 2.37. The first-order chi connectivity index (χ1) is 30.1. The maximum absolute atomic E-state index is 14.3. The maximum atomic E-state index is 14.3. The van der Waals surface area contributed by atoms with Crippen LogP contribution < -0.4 is 15.5 Å². The van der Waals surface area contributed by atoms with Gasteiger partial charge in [-0.1, -0.05) is 24.0 Å². The maximum Gasteiger partial charge on any atom is 0.284 e. The molecule has 4 aliphatic heterocycles. The third kappa shape index (κ3) is 7.93. The van der Waals surface area contributed by atoms with E-state index in [1.165, 1.54) is 10.7 Å². The summed E-state index contributed by atoms with van der Waals surface area (Å²) in [5, 5.41) is 19.2. The number of amides is 3. The van der Waals surface area contributed by atoms with Crippen LogP contribution in [0.5, 0.6) is 0 Å². The lowest BCUT2D eigenvalue weighted by molar-refractivity contribution is -0.134. The number of aromatic nitrogens is 7. The molecule has 3 atom stereocenters. The van der Waals surface area contributed by atoms with Crippen LogP contribution in [0.3, 0.4) is 0 Å². The summed E-state index contributed by atoms with van der Waals surface area (Å²) in [4.78, 5) is 47.2. The number of para-hydroxylation sites is 1. The number of carbonyl (C=O) groups excluding carboxylic acids is 3. The van der Waals surface area contributed by atoms with Crippen molar-refractivity contribution in [2.24, 2.45) is 13.0 Å². The molecule has 4 saturated heterocycles. The van der Waals surface area contributed by atoms with Crippen molar-refractivity contribution in [3.8, 4) is 11.8 Å². The molecule has 10 rings (SSSR count). The van der Waals surface area contributed by atoms with Crippen molar-refractivity contribution in [2.45, 2.75) is 94.4 Å². The van der Waals surface area contributed by atoms with Gasteiger partial charge in [-0.25, -0.2) is 18.3 Å². The minimum absolute atomic E-state index is 0.000833. The number of alkyl halides is 2. The summed E-state index contributed by atoms with van der Waals surface area (Å²) in [7, 11) is 1.84. The second-order valence-electron chi connectivity index (χ2n) is 17.3. The zero-order chi connectivity index (χ0) is 42.5. The number of hydrogen-bond acceptors (Lipinski definition) is 11. The molecule has 1 aromatic carbocycles. The number of nitrogens with one attached hydrogen (secondary N) is 2. The van der Waals surface area contributed by atoms with Gasteiger partial charge >= 0.3 is 0 Å². The molecule has 1 unspecified atom stereocenters. The monoisotopic (exact) mass is 849 g/mol. The van der Waals surface area contributed by atoms with Gasteiger partial charge in [-0.15, -0.1) is 0 Å². The second kappa shape index (κ2) is 16.8. The van der Waals surface area contributed by atoms with Crippen molar-refractivity contribution >= 4 is 45.8 Å². The first-order valence-corrected chi connectivity index (χ1v) is 21.7. The number of aryl methyl sites for hydroxylation is 1. The summed E-state index contributed by atoms with van der Waals surface area (Å²) in [6, 6.07) is 7.88. The number of morpholine rings is 1. The van der Waals surface area contributed by atoms with Crippen LogP contribution in [0.2, 0.25) is 0 Å². The van der Waals surface area contributed by atoms with Gasteiger partial charge in [0.05, 0.1) is 65.5 Å². The Hall–Kier alpha value is -5.77. The predicted molar refractivity (Wildman–Crippen MR) is 223 cm³/mol. The largest absolute Gasteiger partial charge is 0.374 e. The van der Waals surface area contributed by atoms with Crippen LogP contribution in [0.4, 0.5) is 20.3 Å². The molecule has 1 aliphatic carbocycles. The number of imide groups is 1. The van der Waals surface area contributed by atoms with Crippen LogP contribution in [0.15, 0.2) is 42.9 Å². The number of halogens is 2. The number of ether oxygens (including phenoxy) is 2. The van der Waals surface area contributed by atoms with Crippen LogP contribution in [0, 0.1) is 17.8 Å². The van der Waals surface area contributed by atoms with Gasteiger partial charge in [0, 0.05) is 57.4 Å². The molecule has 2 bridgehead atoms. The van der Waals surface area contributed by atoms with E-state index in [1.54, 1.807) is 21.8 Å². The smallest absolute Gasteiger partial charge is 0.284 e. The average molecular weight is 850 g/mol. The van der Waals surface area contributed by atoms with E-state index in [-0.39, 0.29) is 47.4 Å². The van der Waals surface area contributed by atoms with E-state index in [0.717, 1.165) is 93.4 Å². The normalized spacial score (nSPS) is 24.6. The van der Waals surface area contributed by atoms with E-state index in [2.05, 4.69) is 47.6 Å². The van der Waals surface area contributed by atoms with E-state index in [4.69, 9.17) is 14.5 Å². The van der Waals surface area contributed by atoms with E-state index >= 15 is 0 Å². The van der Waals surface area contributed by atoms with Crippen molar-refractivity contribution in [3.05, 3.63) is 65.4 Å². The number of hydrogen-bond donors (Lipinski definition) is 2. The number of anilines is 2. The van der Waals surface area contributed by atoms with E-state index in [0.29, 0.717) is 43.3 Å². The average Bonchev–Trinajstić information content (AvgIpc) is 4.13. The molecule has 62 heavy (non-hydrogen) atoms. The number of carbonyl (C=O) groups is 3. The minimum Gasteiger partial charge on any atom is -0.374 e. The van der Waals surface area contributed by atoms with Crippen molar-refractivity contribution < 1.29 is 32.6 Å². The molecule has 3 amide bonds. The summed E-state index contributed by atoms with van der Waals surface area (Å²) in [5.74, 6) is 6.07. The molecule has 4 aromatic heterocycles. The Morgan fingerprint density at radius 2 is 1.90 bits per heavy atom. The molecule has 5 aromatic rings. The summed E-state index contributed by atoms with van der Waals surface area (Å²) in [6.45, 7) is 4.56. The highest BCUT2D eigenvalue weighted by Gasteiger charge is 2.40. The molecular formula is C44H49F2N11O5. The lowest BCUT2D eigenvalue weighted by Crippen LogP contribution is -2.40. The third-order valence-electron chi connectivity index (χ3n) is 13.3. The molecule has 0 spiro atoms. The van der Waals surface area contributed by atoms with Gasteiger partial charge < -0.3 is 24.6 Å². The van der Waals surface area contributed by atoms with E-state index in [1.807, 2.05) is 31.3 Å². The Morgan fingerprint density at radius 3 is 2.66 bits per heavy atom. The molecule has 2 N–H and O–H groups in total. The fraction of sp³-hybridized carbons (Fsp3) is 0.523. The fourth-order valence-corrected chi connectivity index (χ4v) is 10.1. The summed E-state index contributed by atoms with van der Waals surface area (Å²) >= 11 is 0. The Labute approximate surface area is 356 Å². The van der Waals surface area contributed by atoms with Crippen LogP contribution >= 0.6 is 0 Å². The lowest BCUT2D eigenvalue weighted by atomic mass is 9.85. The SMILES string of the molecule is Cn1nc(C2CCC(=O)NC2=O)c2cccc(C#CCOC3CCN(C[C@H]4CC[C@H](n5cc(NC(=O)c6cnn7ccc(N8C[C@@H]9C[C@H]8CO9)nc67)c(C(F)F)n5)CC4)CC3)c21. The van der Waals surface area contributed by atoms with Crippen molar-refractivity contribution in [1.82, 2.24) is 44.4 Å². The van der Waals surface area contributed by atoms with Gasteiger partial charge in [-0.05, 0) is 69.4 Å². The molecule has 5 aliphatic rings. The number of likely N-dealkylation sites (tertiary alicyclic amines) is 1. The van der Waals surface area contributed by atoms with E-state index < -0.39 is 23.9 Å². The van der Waals surface area contributed by atoms with Gasteiger partial charge in [0.1, 0.15) is 18.0 Å². The first-order valence-electron chi connectivity index (χ1n) is 21.7. The Balaban J connectivity index is 0.695. The number of fused-ring (bicyclic) bond motifs is 4. The number of benzene rings is 1. The summed E-state index contributed by atoms with van der Waals surface area (Å²) < 4.78 is 45.4. The molecule has 16 nitrogen and oxygen atoms in total. The van der Waals surface area contributed by atoms with Crippen LogP contribution in [0.25, 0.3) is 16.6 Å². The van der Waals surface area contributed by atoms with Gasteiger partial charge in [-0.2, -0.15) is 15.3 Å². The highest BCUT2D eigenvalue weighted by molar-refractivity contribution is 6.08. The van der Waals surface area contributed by atoms with Crippen LogP contribution in [-0.2, 0) is 26.1 Å². The molecule has 18 heteroatoms. The van der Waals surface area contributed by atoms with Crippen molar-refractivity contribution in [1.29, 1.82) is 0 Å². The minimum atomic E-state index is -2.85. The third-order valence-corrected chi connectivity index (χ3v) is 13.3. The molecule has 324 valence electrons. The standard InChI is InChI=1S/C44H49F2N11O5/c1-53-40-27(4-2-6-32(40)38(51-53)33-11-12-37(58)50-43(33)59)5-3-19-61-30-13-16-54(17-14-30)22-26-7-9-28(10-8-26)57-24-35(39(52-57)41(45)46)48-44(60)34-21-47-56-18-15-36(49-42(34)56)55-23-31-20-29(55)25-62-31/h2,4,6,15,18,21,24,26,28-31,33,41H,7-14,16-17,19-20,22-23,25H2,1H3,(H,48,60)(H,50,58,59)/t26-,28-,29-,31-,33?/m0/s1. The molecular weight excluding hydrogens is 801 g/mol. The molecule has 5 fully saturated rings. The Kier molecular flexibility index (Phi) is 10.9. The number of piperidine rings is 2. The second-order valence-corrected chi connectivity index (χ2v) is 17.3. The quantitative estimate of drug-likeness (QED) is 0.147. The fourth-order valence-electron chi connectivity index (χ4n) is 10.1. The highest BCUT2D eigenvalue weighted by atomic mass is 19.3. The van der Waals surface area contributed by atoms with E-state index in [9.17, 15) is 23.2 Å². The number of rotatable bonds is 10. The van der Waals surface area contributed by atoms with Gasteiger partial charge in [0.15, 0.2) is 11.3 Å². The van der Waals surface area contributed by atoms with Crippen LogP contribution in [-0.4, -0.2) is 114 Å². The van der Waals surface area contributed by atoms with Gasteiger partial charge in [0.25, 0.3) is 12.3 Å². The molecule has 8 heterocycles. The lowest BCUT2D eigenvalue weighted by Gasteiger charge is -2.36. The topological polar surface area (TPSA) is 166 Å². The molecule has 0 radical (unpaired) electrons. The van der Waals surface area contributed by atoms with Crippen molar-refractivity contribution in [2.75, 3.05) is 49.6 Å². The van der Waals surface area contributed by atoms with Crippen LogP contribution in [0.1, 0.15) is 103 Å². The Bertz CT molecular complexity index is 2580.